The van der Waals surface area contributed by atoms with E-state index in [1.54, 1.807) is 12.1 Å². The SMILES string of the molecule is N#Cc1cnc(NCc2ccccc2OC(F)(F)F)nc1NC[C@@]12CC3C[C@H](C1)[C@@H](NCc1ccccc1)[C@@H](C3)C2. The lowest BCUT2D eigenvalue weighted by Crippen LogP contribution is -2.59. The van der Waals surface area contributed by atoms with Crippen LogP contribution in [0.3, 0.4) is 0 Å². The summed E-state index contributed by atoms with van der Waals surface area (Å²) in [5, 5.41) is 20.0. The van der Waals surface area contributed by atoms with E-state index in [4.69, 9.17) is 0 Å². The number of rotatable bonds is 10. The molecule has 2 aromatic carbocycles. The van der Waals surface area contributed by atoms with Crippen molar-refractivity contribution in [3.8, 4) is 11.8 Å². The predicted molar refractivity (Wildman–Crippen MR) is 149 cm³/mol. The Hall–Kier alpha value is -3.84. The summed E-state index contributed by atoms with van der Waals surface area (Å²) >= 11 is 0. The molecule has 4 aliphatic carbocycles. The molecule has 0 spiro atoms. The third-order valence-corrected chi connectivity index (χ3v) is 8.96. The number of halogens is 3. The summed E-state index contributed by atoms with van der Waals surface area (Å²) in [6.07, 6.45) is 2.68. The van der Waals surface area contributed by atoms with Crippen molar-refractivity contribution in [3.05, 3.63) is 77.5 Å². The van der Waals surface area contributed by atoms with Crippen molar-refractivity contribution in [2.45, 2.75) is 57.6 Å². The number of nitrogens with zero attached hydrogens (tertiary/aromatic N) is 3. The van der Waals surface area contributed by atoms with Gasteiger partial charge >= 0.3 is 6.36 Å². The van der Waals surface area contributed by atoms with Gasteiger partial charge in [-0.1, -0.05) is 48.5 Å². The highest BCUT2D eigenvalue weighted by Gasteiger charge is 2.55. The number of para-hydroxylation sites is 1. The number of ether oxygens (including phenoxy) is 1. The van der Waals surface area contributed by atoms with Gasteiger partial charge in [-0.25, -0.2) is 4.98 Å². The molecule has 0 amide bonds. The van der Waals surface area contributed by atoms with Crippen molar-refractivity contribution >= 4 is 11.8 Å². The van der Waals surface area contributed by atoms with Gasteiger partial charge < -0.3 is 20.7 Å². The average molecular weight is 563 g/mol. The number of hydrogen-bond donors (Lipinski definition) is 3. The van der Waals surface area contributed by atoms with Gasteiger partial charge in [-0.3, -0.25) is 0 Å². The number of anilines is 2. The van der Waals surface area contributed by atoms with Crippen LogP contribution in [0.5, 0.6) is 5.75 Å². The Morgan fingerprint density at radius 1 is 0.951 bits per heavy atom. The Bertz CT molecular complexity index is 1390. The van der Waals surface area contributed by atoms with Crippen molar-refractivity contribution in [1.82, 2.24) is 15.3 Å². The van der Waals surface area contributed by atoms with Crippen LogP contribution in [0.25, 0.3) is 0 Å². The lowest BCUT2D eigenvalue weighted by molar-refractivity contribution is -0.274. The van der Waals surface area contributed by atoms with Crippen LogP contribution in [0.4, 0.5) is 24.9 Å². The van der Waals surface area contributed by atoms with E-state index < -0.39 is 6.36 Å². The van der Waals surface area contributed by atoms with Crippen LogP contribution < -0.4 is 20.7 Å². The normalized spacial score (nSPS) is 26.4. The molecule has 214 valence electrons. The zero-order valence-corrected chi connectivity index (χ0v) is 22.6. The Labute approximate surface area is 237 Å². The fourth-order valence-corrected chi connectivity index (χ4v) is 7.58. The molecule has 1 unspecified atom stereocenters. The minimum Gasteiger partial charge on any atom is -0.405 e. The maximum absolute atomic E-state index is 12.8. The summed E-state index contributed by atoms with van der Waals surface area (Å²) in [6.45, 7) is 1.66. The molecule has 4 fully saturated rings. The first-order valence-corrected chi connectivity index (χ1v) is 14.1. The Kier molecular flexibility index (Phi) is 7.47. The van der Waals surface area contributed by atoms with E-state index in [9.17, 15) is 18.4 Å². The van der Waals surface area contributed by atoms with Gasteiger partial charge in [-0.2, -0.15) is 10.2 Å². The molecule has 4 bridgehead atoms. The smallest absolute Gasteiger partial charge is 0.405 e. The maximum Gasteiger partial charge on any atom is 0.573 e. The minimum absolute atomic E-state index is 0.0317. The van der Waals surface area contributed by atoms with E-state index in [1.807, 2.05) is 6.07 Å². The molecule has 7 rings (SSSR count). The second-order valence-corrected chi connectivity index (χ2v) is 11.8. The van der Waals surface area contributed by atoms with E-state index in [0.717, 1.165) is 31.8 Å². The van der Waals surface area contributed by atoms with Gasteiger partial charge in [0.1, 0.15) is 23.2 Å². The minimum atomic E-state index is -4.78. The lowest BCUT2D eigenvalue weighted by Gasteiger charge is -2.60. The summed E-state index contributed by atoms with van der Waals surface area (Å²) in [5.41, 5.74) is 2.13. The number of hydrogen-bond acceptors (Lipinski definition) is 7. The molecule has 7 nitrogen and oxygen atoms in total. The predicted octanol–water partition coefficient (Wildman–Crippen LogP) is 6.26. The fraction of sp³-hybridized carbons (Fsp3) is 0.452. The molecular formula is C31H33F3N6O. The van der Waals surface area contributed by atoms with Crippen LogP contribution in [-0.4, -0.2) is 28.9 Å². The average Bonchev–Trinajstić information content (AvgIpc) is 2.95. The van der Waals surface area contributed by atoms with Gasteiger partial charge in [0.25, 0.3) is 0 Å². The van der Waals surface area contributed by atoms with Gasteiger partial charge in [0.05, 0.1) is 6.20 Å². The quantitative estimate of drug-likeness (QED) is 0.269. The topological polar surface area (TPSA) is 94.9 Å². The second-order valence-electron chi connectivity index (χ2n) is 11.8. The highest BCUT2D eigenvalue weighted by Crippen LogP contribution is 2.60. The van der Waals surface area contributed by atoms with Crippen LogP contribution in [0, 0.1) is 34.5 Å². The first-order chi connectivity index (χ1) is 19.8. The highest BCUT2D eigenvalue weighted by atomic mass is 19.4. The van der Waals surface area contributed by atoms with E-state index in [-0.39, 0.29) is 23.7 Å². The van der Waals surface area contributed by atoms with Crippen molar-refractivity contribution in [1.29, 1.82) is 5.26 Å². The first kappa shape index (κ1) is 27.3. The molecular weight excluding hydrogens is 529 g/mol. The van der Waals surface area contributed by atoms with Gasteiger partial charge in [0, 0.05) is 31.2 Å². The van der Waals surface area contributed by atoms with E-state index in [2.05, 4.69) is 61.0 Å². The van der Waals surface area contributed by atoms with Crippen molar-refractivity contribution in [3.63, 3.8) is 0 Å². The second kappa shape index (κ2) is 11.2. The Morgan fingerprint density at radius 3 is 2.41 bits per heavy atom. The van der Waals surface area contributed by atoms with Gasteiger partial charge in [-0.05, 0) is 66.9 Å². The number of aromatic nitrogens is 2. The zero-order valence-electron chi connectivity index (χ0n) is 22.6. The molecule has 10 heteroatoms. The molecule has 0 saturated heterocycles. The molecule has 1 aromatic heterocycles. The van der Waals surface area contributed by atoms with Crippen molar-refractivity contribution < 1.29 is 17.9 Å². The summed E-state index contributed by atoms with van der Waals surface area (Å²) < 4.78 is 42.5. The van der Waals surface area contributed by atoms with Crippen molar-refractivity contribution in [2.75, 3.05) is 17.2 Å². The molecule has 4 saturated carbocycles. The fourth-order valence-electron chi connectivity index (χ4n) is 7.58. The molecule has 0 radical (unpaired) electrons. The van der Waals surface area contributed by atoms with Crippen LogP contribution in [0.1, 0.15) is 48.8 Å². The van der Waals surface area contributed by atoms with Crippen LogP contribution >= 0.6 is 0 Å². The van der Waals surface area contributed by atoms with E-state index in [1.165, 1.54) is 43.2 Å². The molecule has 3 aromatic rings. The Morgan fingerprint density at radius 2 is 1.68 bits per heavy atom. The van der Waals surface area contributed by atoms with Gasteiger partial charge in [-0.15, -0.1) is 13.2 Å². The molecule has 4 aliphatic rings. The van der Waals surface area contributed by atoms with Crippen LogP contribution in [0.15, 0.2) is 60.8 Å². The summed E-state index contributed by atoms with van der Waals surface area (Å²) in [5.74, 6) is 2.41. The monoisotopic (exact) mass is 562 g/mol. The largest absolute Gasteiger partial charge is 0.573 e. The highest BCUT2D eigenvalue weighted by molar-refractivity contribution is 5.53. The van der Waals surface area contributed by atoms with Crippen LogP contribution in [-0.2, 0) is 13.1 Å². The lowest BCUT2D eigenvalue weighted by atomic mass is 9.48. The van der Waals surface area contributed by atoms with Gasteiger partial charge in [0.15, 0.2) is 0 Å². The molecule has 0 aliphatic heterocycles. The first-order valence-electron chi connectivity index (χ1n) is 14.1. The number of nitriles is 1. The molecule has 3 N–H and O–H groups in total. The molecule has 41 heavy (non-hydrogen) atoms. The van der Waals surface area contributed by atoms with Gasteiger partial charge in [0.2, 0.25) is 5.95 Å². The molecule has 5 atom stereocenters. The van der Waals surface area contributed by atoms with E-state index in [0.29, 0.717) is 34.8 Å². The number of benzene rings is 2. The van der Waals surface area contributed by atoms with E-state index >= 15 is 0 Å². The number of alkyl halides is 3. The third kappa shape index (κ3) is 6.25. The third-order valence-electron chi connectivity index (χ3n) is 8.96. The zero-order chi connectivity index (χ0) is 28.5. The summed E-state index contributed by atoms with van der Waals surface area (Å²) in [4.78, 5) is 8.73. The summed E-state index contributed by atoms with van der Waals surface area (Å²) in [7, 11) is 0. The summed E-state index contributed by atoms with van der Waals surface area (Å²) in [6, 6.07) is 19.2. The Balaban J connectivity index is 1.10. The number of nitrogens with one attached hydrogen (secondary N) is 3. The van der Waals surface area contributed by atoms with Crippen LogP contribution in [0.2, 0.25) is 0 Å². The standard InChI is InChI=1S/C31H33F3N6O/c32-31(33,34)41-26-9-5-4-8-22(26)17-37-29-38-18-25(15-35)28(40-29)39-19-30-12-21-10-23(13-30)27(24(11-21)14-30)36-16-20-6-2-1-3-7-20/h1-9,18,21,23-24,27,36H,10-14,16-17,19H2,(H2,37,38,39,40)/t21?,23-,24+,27-,30+. The molecule has 1 heterocycles. The maximum atomic E-state index is 12.8. The van der Waals surface area contributed by atoms with Crippen molar-refractivity contribution in [2.24, 2.45) is 23.2 Å².